The molecule has 0 bridgehead atoms. The highest BCUT2D eigenvalue weighted by Crippen LogP contribution is 2.61. The maximum atomic E-state index is 12.5. The van der Waals surface area contributed by atoms with Gasteiger partial charge in [-0.3, -0.25) is 0 Å². The van der Waals surface area contributed by atoms with Crippen LogP contribution < -0.4 is 28.3 Å². The van der Waals surface area contributed by atoms with E-state index in [1.54, 1.807) is 0 Å². The molecule has 0 aliphatic rings. The van der Waals surface area contributed by atoms with Gasteiger partial charge in [0.2, 0.25) is 0 Å². The SMILES string of the molecule is CCCC(C(=O)O)[P+](c1ccccc1)(c1ccccc1)c1ccccc1.[Cl-]. The second kappa shape index (κ2) is 9.69. The Bertz CT molecular complexity index is 741. The fraction of sp³-hybridized carbons (Fsp3) is 0.174. The zero-order chi connectivity index (χ0) is 18.4. The second-order valence-electron chi connectivity index (χ2n) is 6.37. The third-order valence-electron chi connectivity index (χ3n) is 4.81. The fourth-order valence-electron chi connectivity index (χ4n) is 3.73. The van der Waals surface area contributed by atoms with Gasteiger partial charge < -0.3 is 17.5 Å². The van der Waals surface area contributed by atoms with E-state index in [1.165, 1.54) is 0 Å². The molecule has 0 fully saturated rings. The zero-order valence-corrected chi connectivity index (χ0v) is 17.0. The van der Waals surface area contributed by atoms with Crippen molar-refractivity contribution in [3.8, 4) is 0 Å². The molecule has 0 spiro atoms. The van der Waals surface area contributed by atoms with Gasteiger partial charge in [0.25, 0.3) is 0 Å². The largest absolute Gasteiger partial charge is 1.00 e. The maximum absolute atomic E-state index is 12.5. The number of hydrogen-bond donors (Lipinski definition) is 1. The number of carbonyl (C=O) groups is 1. The first-order valence-corrected chi connectivity index (χ1v) is 10.9. The Morgan fingerprint density at radius 3 is 1.37 bits per heavy atom. The molecule has 27 heavy (non-hydrogen) atoms. The number of hydrogen-bond acceptors (Lipinski definition) is 1. The standard InChI is InChI=1S/C23H23O2P.ClH/c1-2-12-22(23(24)25)26(19-13-6-3-7-14-19,20-15-8-4-9-16-20)21-17-10-5-11-18-21;/h3-11,13-18,22H,2,12H2,1H3;1H. The molecule has 3 aromatic carbocycles. The predicted molar refractivity (Wildman–Crippen MR) is 111 cm³/mol. The van der Waals surface area contributed by atoms with Crippen molar-refractivity contribution >= 4 is 29.1 Å². The van der Waals surface area contributed by atoms with Crippen molar-refractivity contribution in [1.29, 1.82) is 0 Å². The lowest BCUT2D eigenvalue weighted by atomic mass is 10.2. The Morgan fingerprint density at radius 2 is 1.11 bits per heavy atom. The summed E-state index contributed by atoms with van der Waals surface area (Å²) in [7, 11) is -2.34. The van der Waals surface area contributed by atoms with Gasteiger partial charge in [0.15, 0.2) is 5.66 Å². The Labute approximate surface area is 168 Å². The van der Waals surface area contributed by atoms with E-state index in [-0.39, 0.29) is 12.4 Å². The molecule has 0 aliphatic carbocycles. The molecule has 0 heterocycles. The maximum Gasteiger partial charge on any atom is 0.345 e. The van der Waals surface area contributed by atoms with Crippen molar-refractivity contribution in [2.45, 2.75) is 25.4 Å². The van der Waals surface area contributed by atoms with Crippen LogP contribution in [0.4, 0.5) is 0 Å². The number of halogens is 1. The van der Waals surface area contributed by atoms with Crippen LogP contribution in [-0.2, 0) is 4.79 Å². The molecule has 3 rings (SSSR count). The van der Waals surface area contributed by atoms with Gasteiger partial charge >= 0.3 is 5.97 Å². The van der Waals surface area contributed by atoms with Crippen LogP contribution in [-0.4, -0.2) is 16.7 Å². The predicted octanol–water partition coefficient (Wildman–Crippen LogP) is 1.24. The van der Waals surface area contributed by atoms with Crippen molar-refractivity contribution in [2.24, 2.45) is 0 Å². The smallest absolute Gasteiger partial charge is 0.345 e. The van der Waals surface area contributed by atoms with Gasteiger partial charge in [0, 0.05) is 0 Å². The summed E-state index contributed by atoms with van der Waals surface area (Å²) in [6.45, 7) is 2.06. The molecule has 1 unspecified atom stereocenters. The average molecular weight is 399 g/mol. The average Bonchev–Trinajstić information content (AvgIpc) is 2.70. The number of rotatable bonds is 7. The number of aliphatic carboxylic acids is 1. The van der Waals surface area contributed by atoms with E-state index in [2.05, 4.69) is 43.3 Å². The molecular formula is C23H24ClO2P. The van der Waals surface area contributed by atoms with Crippen LogP contribution in [0.25, 0.3) is 0 Å². The lowest BCUT2D eigenvalue weighted by Crippen LogP contribution is -3.00. The number of carboxylic acids is 1. The quantitative estimate of drug-likeness (QED) is 0.608. The first-order valence-electron chi connectivity index (χ1n) is 8.99. The molecule has 1 N–H and O–H groups in total. The van der Waals surface area contributed by atoms with E-state index in [4.69, 9.17) is 0 Å². The summed E-state index contributed by atoms with van der Waals surface area (Å²) in [5, 5.41) is 13.6. The van der Waals surface area contributed by atoms with E-state index in [0.29, 0.717) is 6.42 Å². The van der Waals surface area contributed by atoms with Gasteiger partial charge in [-0.15, -0.1) is 0 Å². The third-order valence-corrected chi connectivity index (χ3v) is 9.56. The van der Waals surface area contributed by atoms with Crippen molar-refractivity contribution in [3.05, 3.63) is 91.0 Å². The molecular weight excluding hydrogens is 375 g/mol. The molecule has 1 atom stereocenters. The molecule has 0 radical (unpaired) electrons. The van der Waals surface area contributed by atoms with Crippen LogP contribution >= 0.6 is 7.26 Å². The van der Waals surface area contributed by atoms with Gasteiger partial charge in [-0.05, 0) is 42.8 Å². The normalized spacial score (nSPS) is 12.0. The monoisotopic (exact) mass is 398 g/mol. The van der Waals surface area contributed by atoms with Gasteiger partial charge in [-0.2, -0.15) is 0 Å². The molecule has 0 saturated heterocycles. The molecule has 0 aliphatic heterocycles. The van der Waals surface area contributed by atoms with E-state index in [9.17, 15) is 9.90 Å². The Morgan fingerprint density at radius 1 is 0.778 bits per heavy atom. The molecule has 3 aromatic rings. The van der Waals surface area contributed by atoms with Gasteiger partial charge in [0.05, 0.1) is 0 Å². The Balaban J connectivity index is 0.00000261. The van der Waals surface area contributed by atoms with Crippen molar-refractivity contribution in [2.75, 3.05) is 0 Å². The molecule has 4 heteroatoms. The highest BCUT2D eigenvalue weighted by atomic mass is 35.5. The highest BCUT2D eigenvalue weighted by Gasteiger charge is 2.55. The van der Waals surface area contributed by atoms with Crippen LogP contribution in [0.5, 0.6) is 0 Å². The van der Waals surface area contributed by atoms with Crippen molar-refractivity contribution in [1.82, 2.24) is 0 Å². The van der Waals surface area contributed by atoms with E-state index >= 15 is 0 Å². The minimum Gasteiger partial charge on any atom is -1.00 e. The summed E-state index contributed by atoms with van der Waals surface area (Å²) in [6, 6.07) is 30.6. The Hall–Kier alpha value is -2.15. The van der Waals surface area contributed by atoms with E-state index in [0.717, 1.165) is 22.3 Å². The van der Waals surface area contributed by atoms with E-state index < -0.39 is 18.9 Å². The summed E-state index contributed by atoms with van der Waals surface area (Å²) in [4.78, 5) is 12.5. The van der Waals surface area contributed by atoms with Gasteiger partial charge in [-0.1, -0.05) is 67.9 Å². The van der Waals surface area contributed by atoms with Crippen molar-refractivity contribution < 1.29 is 22.3 Å². The van der Waals surface area contributed by atoms with Crippen LogP contribution in [0.15, 0.2) is 91.0 Å². The molecule has 140 valence electrons. The van der Waals surface area contributed by atoms with Crippen LogP contribution in [0.2, 0.25) is 0 Å². The van der Waals surface area contributed by atoms with Crippen molar-refractivity contribution in [3.63, 3.8) is 0 Å². The Kier molecular flexibility index (Phi) is 7.59. The summed E-state index contributed by atoms with van der Waals surface area (Å²) in [6.07, 6.45) is 1.49. The molecule has 0 aromatic heterocycles. The minimum atomic E-state index is -2.34. The minimum absolute atomic E-state index is 0. The summed E-state index contributed by atoms with van der Waals surface area (Å²) in [5.74, 6) is -0.711. The third kappa shape index (κ3) is 4.08. The molecule has 0 saturated carbocycles. The summed E-state index contributed by atoms with van der Waals surface area (Å²) < 4.78 is 0. The lowest BCUT2D eigenvalue weighted by Gasteiger charge is -2.32. The lowest BCUT2D eigenvalue weighted by molar-refractivity contribution is -0.136. The second-order valence-corrected chi connectivity index (χ2v) is 9.99. The first-order chi connectivity index (χ1) is 12.7. The van der Waals surface area contributed by atoms with Crippen LogP contribution in [0.3, 0.4) is 0 Å². The summed E-state index contributed by atoms with van der Waals surface area (Å²) >= 11 is 0. The number of carboxylic acid groups (broad SMARTS) is 1. The fourth-order valence-corrected chi connectivity index (χ4v) is 8.61. The first kappa shape index (κ1) is 21.2. The van der Waals surface area contributed by atoms with E-state index in [1.807, 2.05) is 54.6 Å². The molecule has 2 nitrogen and oxygen atoms in total. The zero-order valence-electron chi connectivity index (χ0n) is 15.3. The summed E-state index contributed by atoms with van der Waals surface area (Å²) in [5.41, 5.74) is -0.445. The number of benzene rings is 3. The van der Waals surface area contributed by atoms with Crippen LogP contribution in [0, 0.1) is 0 Å². The van der Waals surface area contributed by atoms with Gasteiger partial charge in [0.1, 0.15) is 23.2 Å². The van der Waals surface area contributed by atoms with Crippen LogP contribution in [0.1, 0.15) is 19.8 Å². The topological polar surface area (TPSA) is 37.3 Å². The highest BCUT2D eigenvalue weighted by molar-refractivity contribution is 7.96. The van der Waals surface area contributed by atoms with Gasteiger partial charge in [-0.25, -0.2) is 4.79 Å². The molecule has 0 amide bonds.